The van der Waals surface area contributed by atoms with E-state index in [4.69, 9.17) is 16.9 Å². The monoisotopic (exact) mass is 468 g/mol. The zero-order valence-electron chi connectivity index (χ0n) is 18.2. The highest BCUT2D eigenvalue weighted by Gasteiger charge is 2.22. The molecule has 1 aromatic heterocycles. The molecular formula is C23H25ClN6OS. The molecule has 1 unspecified atom stereocenters. The second kappa shape index (κ2) is 11.1. The van der Waals surface area contributed by atoms with Crippen molar-refractivity contribution >= 4 is 35.0 Å². The summed E-state index contributed by atoms with van der Waals surface area (Å²) in [6.45, 7) is 2.75. The van der Waals surface area contributed by atoms with Crippen molar-refractivity contribution < 1.29 is 4.79 Å². The minimum absolute atomic E-state index is 0.121. The Morgan fingerprint density at radius 1 is 1.25 bits per heavy atom. The lowest BCUT2D eigenvalue weighted by Crippen LogP contribution is -2.23. The summed E-state index contributed by atoms with van der Waals surface area (Å²) in [7, 11) is 4.05. The lowest BCUT2D eigenvalue weighted by Gasteiger charge is -2.23. The molecule has 0 fully saturated rings. The van der Waals surface area contributed by atoms with E-state index in [2.05, 4.69) is 44.0 Å². The number of nitrogens with zero attached hydrogens (tertiary/aromatic N) is 5. The number of halogens is 1. The van der Waals surface area contributed by atoms with Crippen molar-refractivity contribution in [3.8, 4) is 6.07 Å². The van der Waals surface area contributed by atoms with Gasteiger partial charge in [-0.3, -0.25) is 9.69 Å². The SMILES string of the molecule is CCC(c1nnc(SCC(=O)Nc2ccc(C#N)c(Cl)c2)n1Cc1ccccc1)N(C)C. The maximum Gasteiger partial charge on any atom is 0.234 e. The highest BCUT2D eigenvalue weighted by atomic mass is 35.5. The van der Waals surface area contributed by atoms with Gasteiger partial charge in [-0.1, -0.05) is 60.6 Å². The van der Waals surface area contributed by atoms with Crippen LogP contribution in [-0.4, -0.2) is 45.4 Å². The zero-order chi connectivity index (χ0) is 23.1. The number of anilines is 1. The van der Waals surface area contributed by atoms with Crippen LogP contribution in [0.2, 0.25) is 5.02 Å². The molecule has 0 spiro atoms. The fourth-order valence-corrected chi connectivity index (χ4v) is 4.32. The molecule has 1 N–H and O–H groups in total. The fourth-order valence-electron chi connectivity index (χ4n) is 3.36. The summed E-state index contributed by atoms with van der Waals surface area (Å²) in [4.78, 5) is 14.6. The first kappa shape index (κ1) is 23.8. The number of amides is 1. The molecule has 0 saturated carbocycles. The van der Waals surface area contributed by atoms with Gasteiger partial charge < -0.3 is 9.88 Å². The van der Waals surface area contributed by atoms with Gasteiger partial charge in [0.05, 0.1) is 28.9 Å². The number of benzene rings is 2. The number of thioether (sulfide) groups is 1. The Morgan fingerprint density at radius 2 is 2.00 bits per heavy atom. The largest absolute Gasteiger partial charge is 0.325 e. The van der Waals surface area contributed by atoms with Crippen LogP contribution >= 0.6 is 23.4 Å². The van der Waals surface area contributed by atoms with Gasteiger partial charge in [-0.05, 0) is 44.3 Å². The van der Waals surface area contributed by atoms with Gasteiger partial charge in [0.2, 0.25) is 5.91 Å². The molecule has 0 aliphatic carbocycles. The number of aromatic nitrogens is 3. The number of nitriles is 1. The number of hydrogen-bond acceptors (Lipinski definition) is 6. The van der Waals surface area contributed by atoms with Crippen molar-refractivity contribution in [3.05, 3.63) is 70.5 Å². The molecule has 0 saturated heterocycles. The fraction of sp³-hybridized carbons (Fsp3) is 0.304. The first-order valence-corrected chi connectivity index (χ1v) is 11.5. The Balaban J connectivity index is 1.76. The highest BCUT2D eigenvalue weighted by molar-refractivity contribution is 7.99. The Morgan fingerprint density at radius 3 is 2.62 bits per heavy atom. The molecule has 166 valence electrons. The van der Waals surface area contributed by atoms with Gasteiger partial charge in [-0.25, -0.2) is 0 Å². The van der Waals surface area contributed by atoms with Crippen LogP contribution in [0.4, 0.5) is 5.69 Å². The van der Waals surface area contributed by atoms with Crippen molar-refractivity contribution in [2.24, 2.45) is 0 Å². The Bertz CT molecular complexity index is 1110. The summed E-state index contributed by atoms with van der Waals surface area (Å²) in [6.07, 6.45) is 0.893. The Kier molecular flexibility index (Phi) is 8.28. The number of rotatable bonds is 9. The van der Waals surface area contributed by atoms with Crippen LogP contribution in [0, 0.1) is 11.3 Å². The molecule has 7 nitrogen and oxygen atoms in total. The van der Waals surface area contributed by atoms with Crippen LogP contribution in [0.25, 0.3) is 0 Å². The number of hydrogen-bond donors (Lipinski definition) is 1. The van der Waals surface area contributed by atoms with Crippen molar-refractivity contribution in [2.75, 3.05) is 25.2 Å². The third-order valence-corrected chi connectivity index (χ3v) is 6.22. The van der Waals surface area contributed by atoms with Gasteiger partial charge in [0.25, 0.3) is 0 Å². The van der Waals surface area contributed by atoms with E-state index in [9.17, 15) is 4.79 Å². The Labute approximate surface area is 197 Å². The normalized spacial score (nSPS) is 11.9. The topological polar surface area (TPSA) is 86.8 Å². The van der Waals surface area contributed by atoms with E-state index in [0.29, 0.717) is 28.0 Å². The summed E-state index contributed by atoms with van der Waals surface area (Å²) >= 11 is 7.39. The predicted molar refractivity (Wildman–Crippen MR) is 128 cm³/mol. The lowest BCUT2D eigenvalue weighted by atomic mass is 10.2. The van der Waals surface area contributed by atoms with Crippen molar-refractivity contribution in [3.63, 3.8) is 0 Å². The van der Waals surface area contributed by atoms with Crippen molar-refractivity contribution in [2.45, 2.75) is 31.1 Å². The van der Waals surface area contributed by atoms with E-state index in [1.54, 1.807) is 18.2 Å². The van der Waals surface area contributed by atoms with E-state index in [1.807, 2.05) is 38.4 Å². The summed E-state index contributed by atoms with van der Waals surface area (Å²) < 4.78 is 2.08. The average molecular weight is 469 g/mol. The molecule has 1 heterocycles. The van der Waals surface area contributed by atoms with Gasteiger partial charge in [0.15, 0.2) is 11.0 Å². The maximum atomic E-state index is 12.5. The second-order valence-corrected chi connectivity index (χ2v) is 8.79. The Hall–Kier alpha value is -2.86. The van der Waals surface area contributed by atoms with Crippen LogP contribution in [0.15, 0.2) is 53.7 Å². The molecule has 1 atom stereocenters. The number of carbonyl (C=O) groups is 1. The molecule has 3 rings (SSSR count). The average Bonchev–Trinajstić information content (AvgIpc) is 3.15. The summed E-state index contributed by atoms with van der Waals surface area (Å²) in [5, 5.41) is 21.7. The maximum absolute atomic E-state index is 12.5. The van der Waals surface area contributed by atoms with Crippen LogP contribution < -0.4 is 5.32 Å². The highest BCUT2D eigenvalue weighted by Crippen LogP contribution is 2.26. The van der Waals surface area contributed by atoms with Crippen molar-refractivity contribution in [1.29, 1.82) is 5.26 Å². The van der Waals surface area contributed by atoms with Crippen LogP contribution in [0.1, 0.15) is 36.3 Å². The van der Waals surface area contributed by atoms with Gasteiger partial charge in [-0.15, -0.1) is 10.2 Å². The second-order valence-electron chi connectivity index (χ2n) is 7.44. The molecule has 0 bridgehead atoms. The number of nitrogens with one attached hydrogen (secondary N) is 1. The molecule has 32 heavy (non-hydrogen) atoms. The lowest BCUT2D eigenvalue weighted by molar-refractivity contribution is -0.113. The van der Waals surface area contributed by atoms with Gasteiger partial charge in [-0.2, -0.15) is 5.26 Å². The zero-order valence-corrected chi connectivity index (χ0v) is 19.8. The van der Waals surface area contributed by atoms with E-state index >= 15 is 0 Å². The minimum atomic E-state index is -0.189. The molecule has 0 aliphatic heterocycles. The predicted octanol–water partition coefficient (Wildman–Crippen LogP) is 4.59. The quantitative estimate of drug-likeness (QED) is 0.462. The summed E-state index contributed by atoms with van der Waals surface area (Å²) in [5.41, 5.74) is 2.05. The standard InChI is InChI=1S/C23H25ClN6OS/c1-4-20(29(2)3)22-27-28-23(30(22)14-16-8-6-5-7-9-16)32-15-21(31)26-18-11-10-17(13-25)19(24)12-18/h5-12,20H,4,14-15H2,1-3H3,(H,26,31). The first-order chi connectivity index (χ1) is 15.4. The van der Waals surface area contributed by atoms with Crippen LogP contribution in [0.5, 0.6) is 0 Å². The molecule has 1 amide bonds. The molecular weight excluding hydrogens is 444 g/mol. The third-order valence-electron chi connectivity index (χ3n) is 4.94. The summed E-state index contributed by atoms with van der Waals surface area (Å²) in [5.74, 6) is 0.859. The van der Waals surface area contributed by atoms with Crippen molar-refractivity contribution in [1.82, 2.24) is 19.7 Å². The molecule has 2 aromatic carbocycles. The van der Waals surface area contributed by atoms with Gasteiger partial charge in [0.1, 0.15) is 6.07 Å². The van der Waals surface area contributed by atoms with E-state index in [-0.39, 0.29) is 17.7 Å². The summed E-state index contributed by atoms with van der Waals surface area (Å²) in [6, 6.07) is 17.1. The molecule has 0 radical (unpaired) electrons. The van der Waals surface area contributed by atoms with Gasteiger partial charge >= 0.3 is 0 Å². The number of carbonyl (C=O) groups excluding carboxylic acids is 1. The van der Waals surface area contributed by atoms with Crippen LogP contribution in [0.3, 0.4) is 0 Å². The first-order valence-electron chi connectivity index (χ1n) is 10.2. The van der Waals surface area contributed by atoms with E-state index in [0.717, 1.165) is 17.8 Å². The third kappa shape index (κ3) is 5.88. The van der Waals surface area contributed by atoms with E-state index < -0.39 is 0 Å². The van der Waals surface area contributed by atoms with Crippen LogP contribution in [-0.2, 0) is 11.3 Å². The minimum Gasteiger partial charge on any atom is -0.325 e. The van der Waals surface area contributed by atoms with Gasteiger partial charge in [0, 0.05) is 5.69 Å². The molecule has 0 aliphatic rings. The smallest absolute Gasteiger partial charge is 0.234 e. The molecule has 3 aromatic rings. The molecule has 9 heteroatoms. The van der Waals surface area contributed by atoms with E-state index in [1.165, 1.54) is 11.8 Å².